The minimum atomic E-state index is -0.412. The molecule has 4 nitrogen and oxygen atoms in total. The van der Waals surface area contributed by atoms with Crippen molar-refractivity contribution in [2.45, 2.75) is 13.0 Å². The monoisotopic (exact) mass is 156 g/mol. The third kappa shape index (κ3) is 2.41. The van der Waals surface area contributed by atoms with E-state index in [2.05, 4.69) is 4.74 Å². The van der Waals surface area contributed by atoms with Gasteiger partial charge in [-0.05, 0) is 6.08 Å². The molecule has 1 aliphatic heterocycles. The molecule has 0 bridgehead atoms. The van der Waals surface area contributed by atoms with E-state index in [1.165, 1.54) is 19.1 Å². The van der Waals surface area contributed by atoms with Crippen molar-refractivity contribution in [1.29, 1.82) is 0 Å². The van der Waals surface area contributed by atoms with Gasteiger partial charge in [0.2, 0.25) is 0 Å². The van der Waals surface area contributed by atoms with Crippen LogP contribution in [0.1, 0.15) is 6.92 Å². The van der Waals surface area contributed by atoms with Gasteiger partial charge in [-0.1, -0.05) is 0 Å². The van der Waals surface area contributed by atoms with E-state index in [1.807, 2.05) is 0 Å². The van der Waals surface area contributed by atoms with Gasteiger partial charge >= 0.3 is 11.9 Å². The van der Waals surface area contributed by atoms with E-state index in [1.54, 1.807) is 0 Å². The molecule has 60 valence electrons. The number of ether oxygens (including phenoxy) is 2. The summed E-state index contributed by atoms with van der Waals surface area (Å²) >= 11 is 0. The predicted molar refractivity (Wildman–Crippen MR) is 35.7 cm³/mol. The second-order valence-corrected chi connectivity index (χ2v) is 2.14. The first kappa shape index (κ1) is 7.78. The summed E-state index contributed by atoms with van der Waals surface area (Å²) < 4.78 is 9.32. The van der Waals surface area contributed by atoms with Gasteiger partial charge in [0.15, 0.2) is 6.10 Å². The summed E-state index contributed by atoms with van der Waals surface area (Å²) in [5.74, 6) is -0.772. The van der Waals surface area contributed by atoms with Crippen molar-refractivity contribution >= 4 is 11.9 Å². The Labute approximate surface area is 63.8 Å². The van der Waals surface area contributed by atoms with Gasteiger partial charge in [0.05, 0.1) is 0 Å². The SMILES string of the molecule is CC(=O)O[C@H]1C=CC(=O)OC1. The summed E-state index contributed by atoms with van der Waals surface area (Å²) in [4.78, 5) is 20.8. The highest BCUT2D eigenvalue weighted by molar-refractivity contribution is 5.83. The van der Waals surface area contributed by atoms with Crippen molar-refractivity contribution in [2.24, 2.45) is 0 Å². The van der Waals surface area contributed by atoms with Crippen LogP contribution in [0.15, 0.2) is 12.2 Å². The highest BCUT2D eigenvalue weighted by Crippen LogP contribution is 2.02. The zero-order chi connectivity index (χ0) is 8.27. The van der Waals surface area contributed by atoms with Gasteiger partial charge in [-0.3, -0.25) is 4.79 Å². The fourth-order valence-electron chi connectivity index (χ4n) is 0.740. The Morgan fingerprint density at radius 2 is 2.55 bits per heavy atom. The number of hydrogen-bond donors (Lipinski definition) is 0. The second-order valence-electron chi connectivity index (χ2n) is 2.14. The molecule has 1 atom stereocenters. The van der Waals surface area contributed by atoms with Crippen LogP contribution in [-0.4, -0.2) is 24.6 Å². The maximum absolute atomic E-state index is 10.4. The Morgan fingerprint density at radius 3 is 3.00 bits per heavy atom. The predicted octanol–water partition coefficient (Wildman–Crippen LogP) is 0.0311. The van der Waals surface area contributed by atoms with E-state index in [9.17, 15) is 9.59 Å². The summed E-state index contributed by atoms with van der Waals surface area (Å²) in [5.41, 5.74) is 0. The average molecular weight is 156 g/mol. The molecule has 1 rings (SSSR count). The molecule has 0 fully saturated rings. The summed E-state index contributed by atoms with van der Waals surface area (Å²) in [5, 5.41) is 0. The lowest BCUT2D eigenvalue weighted by molar-refractivity contribution is -0.153. The van der Waals surface area contributed by atoms with E-state index in [-0.39, 0.29) is 12.6 Å². The average Bonchev–Trinajstić information content (AvgIpc) is 1.93. The van der Waals surface area contributed by atoms with Crippen molar-refractivity contribution < 1.29 is 19.1 Å². The Morgan fingerprint density at radius 1 is 1.82 bits per heavy atom. The molecule has 4 heteroatoms. The lowest BCUT2D eigenvalue weighted by Gasteiger charge is -2.15. The molecule has 0 radical (unpaired) electrons. The topological polar surface area (TPSA) is 52.6 Å². The second kappa shape index (κ2) is 3.18. The zero-order valence-corrected chi connectivity index (χ0v) is 6.07. The molecule has 0 saturated heterocycles. The fraction of sp³-hybridized carbons (Fsp3) is 0.429. The maximum atomic E-state index is 10.4. The van der Waals surface area contributed by atoms with Crippen LogP contribution in [0.5, 0.6) is 0 Å². The third-order valence-electron chi connectivity index (χ3n) is 1.15. The van der Waals surface area contributed by atoms with Crippen molar-refractivity contribution in [1.82, 2.24) is 0 Å². The molecule has 0 saturated carbocycles. The van der Waals surface area contributed by atoms with Gasteiger partial charge in [-0.2, -0.15) is 0 Å². The van der Waals surface area contributed by atoms with Crippen LogP contribution in [0.25, 0.3) is 0 Å². The van der Waals surface area contributed by atoms with Crippen molar-refractivity contribution in [2.75, 3.05) is 6.61 Å². The molecule has 0 spiro atoms. The molecule has 0 aromatic rings. The number of hydrogen-bond acceptors (Lipinski definition) is 4. The molecule has 0 N–H and O–H groups in total. The van der Waals surface area contributed by atoms with E-state index < -0.39 is 12.1 Å². The van der Waals surface area contributed by atoms with Crippen LogP contribution < -0.4 is 0 Å². The Bertz CT molecular complexity index is 206. The molecular weight excluding hydrogens is 148 g/mol. The Hall–Kier alpha value is -1.32. The normalized spacial score (nSPS) is 22.6. The van der Waals surface area contributed by atoms with Crippen LogP contribution in [0.2, 0.25) is 0 Å². The molecule has 1 heterocycles. The van der Waals surface area contributed by atoms with Crippen LogP contribution in [0.3, 0.4) is 0 Å². The molecule has 0 aliphatic carbocycles. The molecule has 11 heavy (non-hydrogen) atoms. The number of carbonyl (C=O) groups is 2. The fourth-order valence-corrected chi connectivity index (χ4v) is 0.740. The lowest BCUT2D eigenvalue weighted by Crippen LogP contribution is -2.25. The lowest BCUT2D eigenvalue weighted by atomic mass is 10.3. The summed E-state index contributed by atoms with van der Waals surface area (Å²) in [6.07, 6.45) is 2.34. The minimum absolute atomic E-state index is 0.120. The molecular formula is C7H8O4. The van der Waals surface area contributed by atoms with Crippen molar-refractivity contribution in [3.8, 4) is 0 Å². The maximum Gasteiger partial charge on any atom is 0.330 e. The Balaban J connectivity index is 2.44. The Kier molecular flexibility index (Phi) is 2.25. The van der Waals surface area contributed by atoms with E-state index >= 15 is 0 Å². The highest BCUT2D eigenvalue weighted by atomic mass is 16.6. The number of esters is 2. The van der Waals surface area contributed by atoms with Gasteiger partial charge in [0, 0.05) is 13.0 Å². The molecule has 1 aliphatic rings. The van der Waals surface area contributed by atoms with Crippen molar-refractivity contribution in [3.05, 3.63) is 12.2 Å². The first-order valence-corrected chi connectivity index (χ1v) is 3.20. The smallest absolute Gasteiger partial charge is 0.330 e. The minimum Gasteiger partial charge on any atom is -0.458 e. The van der Waals surface area contributed by atoms with E-state index in [4.69, 9.17) is 4.74 Å². The summed E-state index contributed by atoms with van der Waals surface area (Å²) in [7, 11) is 0. The number of cyclic esters (lactones) is 1. The first-order valence-electron chi connectivity index (χ1n) is 3.20. The summed E-state index contributed by atoms with van der Waals surface area (Å²) in [6, 6.07) is 0. The number of rotatable bonds is 1. The summed E-state index contributed by atoms with van der Waals surface area (Å²) in [6.45, 7) is 1.43. The van der Waals surface area contributed by atoms with Crippen molar-refractivity contribution in [3.63, 3.8) is 0 Å². The largest absolute Gasteiger partial charge is 0.458 e. The molecule has 0 aromatic carbocycles. The van der Waals surface area contributed by atoms with Crippen LogP contribution in [-0.2, 0) is 19.1 Å². The first-order chi connectivity index (χ1) is 5.18. The molecule has 0 aromatic heterocycles. The van der Waals surface area contributed by atoms with E-state index in [0.29, 0.717) is 0 Å². The van der Waals surface area contributed by atoms with Gasteiger partial charge in [0.1, 0.15) is 6.61 Å². The zero-order valence-electron chi connectivity index (χ0n) is 6.07. The van der Waals surface area contributed by atoms with Crippen LogP contribution >= 0.6 is 0 Å². The number of carbonyl (C=O) groups excluding carboxylic acids is 2. The van der Waals surface area contributed by atoms with Gasteiger partial charge < -0.3 is 9.47 Å². The third-order valence-corrected chi connectivity index (χ3v) is 1.15. The quantitative estimate of drug-likeness (QED) is 0.502. The van der Waals surface area contributed by atoms with Crippen LogP contribution in [0, 0.1) is 0 Å². The van der Waals surface area contributed by atoms with Gasteiger partial charge in [-0.25, -0.2) is 4.79 Å². The standard InChI is InChI=1S/C7H8O4/c1-5(8)11-6-2-3-7(9)10-4-6/h2-3,6H,4H2,1H3/t6-/m0/s1. The van der Waals surface area contributed by atoms with Gasteiger partial charge in [0.25, 0.3) is 0 Å². The van der Waals surface area contributed by atoms with E-state index in [0.717, 1.165) is 0 Å². The molecule has 0 unspecified atom stereocenters. The molecule has 0 amide bonds. The van der Waals surface area contributed by atoms with Gasteiger partial charge in [-0.15, -0.1) is 0 Å². The highest BCUT2D eigenvalue weighted by Gasteiger charge is 2.15. The van der Waals surface area contributed by atoms with Crippen LogP contribution in [0.4, 0.5) is 0 Å².